The van der Waals surface area contributed by atoms with Crippen molar-refractivity contribution in [3.8, 4) is 0 Å². The highest BCUT2D eigenvalue weighted by Crippen LogP contribution is 2.69. The Morgan fingerprint density at radius 2 is 1.74 bits per heavy atom. The first-order valence-electron chi connectivity index (χ1n) is 17.0. The van der Waals surface area contributed by atoms with E-state index in [1.807, 2.05) is 20.8 Å². The van der Waals surface area contributed by atoms with Crippen LogP contribution in [0.15, 0.2) is 0 Å². The first-order valence-corrected chi connectivity index (χ1v) is 17.0. The molecule has 0 bridgehead atoms. The Kier molecular flexibility index (Phi) is 9.07. The Morgan fingerprint density at radius 1 is 1.02 bits per heavy atom. The molecule has 4 saturated carbocycles. The molecule has 5 fully saturated rings. The predicted molar refractivity (Wildman–Crippen MR) is 160 cm³/mol. The van der Waals surface area contributed by atoms with Crippen LogP contribution in [0.1, 0.15) is 119 Å². The molecular weight excluding hydrogens is 548 g/mol. The summed E-state index contributed by atoms with van der Waals surface area (Å²) < 4.78 is 18.5. The summed E-state index contributed by atoms with van der Waals surface area (Å²) in [5.41, 5.74) is -0.959. The van der Waals surface area contributed by atoms with Crippen LogP contribution >= 0.6 is 0 Å². The van der Waals surface area contributed by atoms with Gasteiger partial charge in [-0.15, -0.1) is 0 Å². The summed E-state index contributed by atoms with van der Waals surface area (Å²) in [5, 5.41) is 20.9. The van der Waals surface area contributed by atoms with Crippen LogP contribution in [0.25, 0.3) is 0 Å². The second-order valence-corrected chi connectivity index (χ2v) is 16.1. The lowest BCUT2D eigenvalue weighted by molar-refractivity contribution is -0.227. The molecule has 0 aromatic rings. The molecule has 5 rings (SSSR count). The lowest BCUT2D eigenvalue weighted by Gasteiger charge is -2.64. The number of cyclic esters (lactones) is 1. The molecule has 1 unspecified atom stereocenters. The minimum atomic E-state index is -0.666. The molecule has 13 atom stereocenters. The highest BCUT2D eigenvalue weighted by molar-refractivity contribution is 5.76. The van der Waals surface area contributed by atoms with Crippen LogP contribution in [-0.4, -0.2) is 58.6 Å². The lowest BCUT2D eigenvalue weighted by Crippen LogP contribution is -2.63. The molecule has 4 aliphatic carbocycles. The van der Waals surface area contributed by atoms with Gasteiger partial charge in [-0.3, -0.25) is 14.4 Å². The molecule has 0 amide bonds. The first-order chi connectivity index (χ1) is 20.1. The van der Waals surface area contributed by atoms with Gasteiger partial charge in [-0.2, -0.15) is 0 Å². The maximum atomic E-state index is 13.7. The average Bonchev–Trinajstić information content (AvgIpc) is 3.27. The molecule has 1 saturated heterocycles. The second-order valence-electron chi connectivity index (χ2n) is 16.1. The smallest absolute Gasteiger partial charge is 0.311 e. The van der Waals surface area contributed by atoms with Gasteiger partial charge in [-0.1, -0.05) is 27.7 Å². The lowest BCUT2D eigenvalue weighted by atomic mass is 9.43. The number of ether oxygens (including phenoxy) is 3. The van der Waals surface area contributed by atoms with Gasteiger partial charge in [0.1, 0.15) is 18.3 Å². The molecule has 0 radical (unpaired) electrons. The Bertz CT molecular complexity index is 1070. The number of carbonyl (C=O) groups is 3. The fourth-order valence-electron chi connectivity index (χ4n) is 10.6. The number of aliphatic hydroxyl groups excluding tert-OH is 2. The van der Waals surface area contributed by atoms with Crippen molar-refractivity contribution in [1.82, 2.24) is 0 Å². The zero-order valence-electron chi connectivity index (χ0n) is 27.5. The number of esters is 3. The summed E-state index contributed by atoms with van der Waals surface area (Å²) in [7, 11) is 0. The van der Waals surface area contributed by atoms with Crippen LogP contribution in [0, 0.1) is 51.8 Å². The van der Waals surface area contributed by atoms with Gasteiger partial charge in [-0.05, 0) is 107 Å². The van der Waals surface area contributed by atoms with Crippen molar-refractivity contribution in [2.75, 3.05) is 0 Å². The van der Waals surface area contributed by atoms with E-state index in [1.165, 1.54) is 6.92 Å². The highest BCUT2D eigenvalue weighted by atomic mass is 16.6. The molecule has 1 aliphatic heterocycles. The van der Waals surface area contributed by atoms with Gasteiger partial charge in [0, 0.05) is 24.7 Å². The van der Waals surface area contributed by atoms with Crippen molar-refractivity contribution in [1.29, 1.82) is 0 Å². The van der Waals surface area contributed by atoms with Gasteiger partial charge in [0.15, 0.2) is 0 Å². The molecule has 5 aliphatic rings. The topological polar surface area (TPSA) is 119 Å². The second kappa shape index (κ2) is 11.9. The zero-order chi connectivity index (χ0) is 31.5. The van der Waals surface area contributed by atoms with E-state index >= 15 is 0 Å². The third-order valence-electron chi connectivity index (χ3n) is 13.3. The molecule has 0 spiro atoms. The number of aliphatic hydroxyl groups is 2. The SMILES string of the molecule is CCC(C)(C)C(=O)O[C@H]1C[C@H]2[C@@H]([C@H](OC(C)=O)C[C@@H]3C[C@H](O)CC[C@@]32C)[C@@H]2CC[C@H](C(C)C[C@@H]3C[C@@H](O)CC(=O)O3)[C@@]12C. The van der Waals surface area contributed by atoms with E-state index in [0.717, 1.165) is 44.9 Å². The minimum Gasteiger partial charge on any atom is -0.462 e. The molecule has 43 heavy (non-hydrogen) atoms. The maximum Gasteiger partial charge on any atom is 0.311 e. The molecule has 8 nitrogen and oxygen atoms in total. The van der Waals surface area contributed by atoms with E-state index in [4.69, 9.17) is 14.2 Å². The summed E-state index contributed by atoms with van der Waals surface area (Å²) >= 11 is 0. The molecular formula is C35H56O8. The van der Waals surface area contributed by atoms with Gasteiger partial charge in [-0.25, -0.2) is 0 Å². The van der Waals surface area contributed by atoms with E-state index in [1.54, 1.807) is 0 Å². The van der Waals surface area contributed by atoms with Crippen molar-refractivity contribution in [2.24, 2.45) is 51.8 Å². The number of rotatable bonds is 7. The van der Waals surface area contributed by atoms with Gasteiger partial charge in [0.05, 0.1) is 24.0 Å². The number of hydrogen-bond donors (Lipinski definition) is 2. The number of carbonyl (C=O) groups excluding carboxylic acids is 3. The van der Waals surface area contributed by atoms with Gasteiger partial charge >= 0.3 is 17.9 Å². The third-order valence-corrected chi connectivity index (χ3v) is 13.3. The molecule has 244 valence electrons. The molecule has 8 heteroatoms. The Balaban J connectivity index is 1.52. The summed E-state index contributed by atoms with van der Waals surface area (Å²) in [6, 6.07) is 0. The number of hydrogen-bond acceptors (Lipinski definition) is 8. The standard InChI is InChI=1S/C35H56O8/c1-8-33(4,5)32(40)43-29-18-27-31(28(41-20(3)36)15-21-14-22(37)11-12-34(21,27)6)26-10-9-25(35(26,29)7)19(2)13-24-16-23(38)17-30(39)42-24/h19,21-29,31,37-38H,8-18H2,1-7H3/t19?,21-,22+,23+,24+,25+,26-,27-,28+,29-,31-,34-,35+/m0/s1. The minimum absolute atomic E-state index is 0.0249. The summed E-state index contributed by atoms with van der Waals surface area (Å²) in [6.07, 6.45) is 5.88. The third kappa shape index (κ3) is 5.89. The predicted octanol–water partition coefficient (Wildman–Crippen LogP) is 5.60. The quantitative estimate of drug-likeness (QED) is 0.285. The van der Waals surface area contributed by atoms with Gasteiger partial charge in [0.25, 0.3) is 0 Å². The largest absolute Gasteiger partial charge is 0.462 e. The zero-order valence-corrected chi connectivity index (χ0v) is 27.5. The molecule has 0 aromatic heterocycles. The van der Waals surface area contributed by atoms with Crippen molar-refractivity contribution in [2.45, 2.75) is 150 Å². The Labute approximate surface area is 258 Å². The van der Waals surface area contributed by atoms with E-state index in [2.05, 4.69) is 20.8 Å². The van der Waals surface area contributed by atoms with E-state index < -0.39 is 11.5 Å². The monoisotopic (exact) mass is 604 g/mol. The van der Waals surface area contributed by atoms with Crippen LogP contribution in [0.2, 0.25) is 0 Å². The first kappa shape index (κ1) is 32.7. The molecule has 0 aromatic carbocycles. The Morgan fingerprint density at radius 3 is 2.40 bits per heavy atom. The fraction of sp³-hybridized carbons (Fsp3) is 0.914. The van der Waals surface area contributed by atoms with Crippen LogP contribution < -0.4 is 0 Å². The van der Waals surface area contributed by atoms with E-state index in [9.17, 15) is 24.6 Å². The van der Waals surface area contributed by atoms with Crippen molar-refractivity contribution >= 4 is 17.9 Å². The van der Waals surface area contributed by atoms with Crippen LogP contribution in [0.5, 0.6) is 0 Å². The summed E-state index contributed by atoms with van der Waals surface area (Å²) in [6.45, 7) is 14.3. The fourth-order valence-corrected chi connectivity index (χ4v) is 10.6. The van der Waals surface area contributed by atoms with E-state index in [0.29, 0.717) is 19.3 Å². The summed E-state index contributed by atoms with van der Waals surface area (Å²) in [4.78, 5) is 38.3. The average molecular weight is 605 g/mol. The Hall–Kier alpha value is -1.67. The molecule has 1 heterocycles. The highest BCUT2D eigenvalue weighted by Gasteiger charge is 2.68. The van der Waals surface area contributed by atoms with Crippen molar-refractivity contribution in [3.63, 3.8) is 0 Å². The van der Waals surface area contributed by atoms with Crippen molar-refractivity contribution < 1.29 is 38.8 Å². The summed E-state index contributed by atoms with van der Waals surface area (Å²) in [5.74, 6) is 0.464. The van der Waals surface area contributed by atoms with Gasteiger partial charge < -0.3 is 24.4 Å². The van der Waals surface area contributed by atoms with Crippen LogP contribution in [0.4, 0.5) is 0 Å². The van der Waals surface area contributed by atoms with Gasteiger partial charge in [0.2, 0.25) is 0 Å². The normalized spacial score (nSPS) is 45.2. The van der Waals surface area contributed by atoms with Crippen LogP contribution in [0.3, 0.4) is 0 Å². The number of fused-ring (bicyclic) bond motifs is 5. The van der Waals surface area contributed by atoms with Crippen molar-refractivity contribution in [3.05, 3.63) is 0 Å². The molecule has 2 N–H and O–H groups in total. The maximum absolute atomic E-state index is 13.7. The van der Waals surface area contributed by atoms with E-state index in [-0.39, 0.29) is 95.1 Å². The van der Waals surface area contributed by atoms with Crippen LogP contribution in [-0.2, 0) is 28.6 Å².